The van der Waals surface area contributed by atoms with Crippen molar-refractivity contribution in [3.63, 3.8) is 0 Å². The van der Waals surface area contributed by atoms with Crippen molar-refractivity contribution in [1.29, 1.82) is 0 Å². The van der Waals surface area contributed by atoms with Crippen LogP contribution in [0.1, 0.15) is 5.56 Å². The van der Waals surface area contributed by atoms with Gasteiger partial charge in [-0.15, -0.1) is 0 Å². The SMILES string of the molecule is COc1cc(N)ccc1Cn1cncc(I)c1=O. The van der Waals surface area contributed by atoms with E-state index < -0.39 is 0 Å². The van der Waals surface area contributed by atoms with E-state index >= 15 is 0 Å². The first-order chi connectivity index (χ1) is 8.61. The van der Waals surface area contributed by atoms with Gasteiger partial charge >= 0.3 is 0 Å². The number of hydrogen-bond acceptors (Lipinski definition) is 4. The van der Waals surface area contributed by atoms with Gasteiger partial charge in [-0.2, -0.15) is 0 Å². The standard InChI is InChI=1S/C12H12IN3O2/c1-18-11-4-9(14)3-2-8(11)6-16-7-15-5-10(13)12(16)17/h2-5,7H,6,14H2,1H3. The van der Waals surface area contributed by atoms with Crippen LogP contribution in [0.4, 0.5) is 5.69 Å². The molecule has 0 aliphatic heterocycles. The summed E-state index contributed by atoms with van der Waals surface area (Å²) in [6.45, 7) is 0.409. The largest absolute Gasteiger partial charge is 0.496 e. The molecule has 1 heterocycles. The number of nitrogen functional groups attached to an aromatic ring is 1. The van der Waals surface area contributed by atoms with Crippen LogP contribution in [0.2, 0.25) is 0 Å². The summed E-state index contributed by atoms with van der Waals surface area (Å²) in [7, 11) is 1.58. The number of hydrogen-bond donors (Lipinski definition) is 1. The van der Waals surface area contributed by atoms with Crippen LogP contribution in [0.25, 0.3) is 0 Å². The molecule has 2 rings (SSSR count). The second-order valence-corrected chi connectivity index (χ2v) is 4.91. The minimum atomic E-state index is -0.0653. The Morgan fingerprint density at radius 3 is 3.00 bits per heavy atom. The van der Waals surface area contributed by atoms with Gasteiger partial charge in [0.25, 0.3) is 5.56 Å². The molecule has 94 valence electrons. The molecule has 2 N–H and O–H groups in total. The van der Waals surface area contributed by atoms with Gasteiger partial charge in [0.2, 0.25) is 0 Å². The van der Waals surface area contributed by atoms with Crippen LogP contribution in [0, 0.1) is 3.57 Å². The Hall–Kier alpha value is -1.57. The number of halogens is 1. The van der Waals surface area contributed by atoms with Gasteiger partial charge in [-0.05, 0) is 28.7 Å². The number of aromatic nitrogens is 2. The Bertz CT molecular complexity index is 625. The number of rotatable bonds is 3. The second kappa shape index (κ2) is 5.38. The van der Waals surface area contributed by atoms with Crippen molar-refractivity contribution in [3.05, 3.63) is 50.2 Å². The summed E-state index contributed by atoms with van der Waals surface area (Å²) in [5, 5.41) is 0. The van der Waals surface area contributed by atoms with Crippen LogP contribution in [0.3, 0.4) is 0 Å². The maximum atomic E-state index is 11.9. The van der Waals surface area contributed by atoms with Crippen molar-refractivity contribution in [2.45, 2.75) is 6.54 Å². The zero-order chi connectivity index (χ0) is 13.1. The van der Waals surface area contributed by atoms with Crippen molar-refractivity contribution in [2.75, 3.05) is 12.8 Å². The number of nitrogens with two attached hydrogens (primary N) is 1. The average molecular weight is 357 g/mol. The molecule has 0 amide bonds. The van der Waals surface area contributed by atoms with Crippen LogP contribution in [-0.4, -0.2) is 16.7 Å². The Morgan fingerprint density at radius 1 is 1.50 bits per heavy atom. The molecule has 0 aliphatic rings. The Kier molecular flexibility index (Phi) is 3.85. The number of methoxy groups -OCH3 is 1. The zero-order valence-corrected chi connectivity index (χ0v) is 11.9. The minimum Gasteiger partial charge on any atom is -0.496 e. The third-order valence-corrected chi connectivity index (χ3v) is 3.25. The highest BCUT2D eigenvalue weighted by atomic mass is 127. The molecule has 0 saturated heterocycles. The molecule has 0 spiro atoms. The Labute approximate surface area is 118 Å². The van der Waals surface area contributed by atoms with Crippen molar-refractivity contribution in [2.24, 2.45) is 0 Å². The van der Waals surface area contributed by atoms with E-state index in [2.05, 4.69) is 4.98 Å². The van der Waals surface area contributed by atoms with E-state index in [1.165, 1.54) is 10.9 Å². The first-order valence-electron chi connectivity index (χ1n) is 5.24. The van der Waals surface area contributed by atoms with Crippen LogP contribution in [-0.2, 0) is 6.54 Å². The highest BCUT2D eigenvalue weighted by Gasteiger charge is 2.07. The maximum Gasteiger partial charge on any atom is 0.267 e. The van der Waals surface area contributed by atoms with Crippen LogP contribution >= 0.6 is 22.6 Å². The van der Waals surface area contributed by atoms with Crippen molar-refractivity contribution < 1.29 is 4.74 Å². The monoisotopic (exact) mass is 357 g/mol. The molecule has 0 fully saturated rings. The van der Waals surface area contributed by atoms with Gasteiger partial charge in [0.15, 0.2) is 0 Å². The zero-order valence-electron chi connectivity index (χ0n) is 9.76. The quantitative estimate of drug-likeness (QED) is 0.668. The predicted molar refractivity (Wildman–Crippen MR) is 77.7 cm³/mol. The highest BCUT2D eigenvalue weighted by molar-refractivity contribution is 14.1. The van der Waals surface area contributed by atoms with E-state index in [9.17, 15) is 4.79 Å². The molecule has 1 aromatic carbocycles. The lowest BCUT2D eigenvalue weighted by atomic mass is 10.2. The molecular weight excluding hydrogens is 345 g/mol. The molecule has 2 aromatic rings. The molecule has 1 aromatic heterocycles. The third-order valence-electron chi connectivity index (χ3n) is 2.51. The average Bonchev–Trinajstić information content (AvgIpc) is 2.37. The fourth-order valence-corrected chi connectivity index (χ4v) is 2.08. The first-order valence-corrected chi connectivity index (χ1v) is 6.32. The van der Waals surface area contributed by atoms with Crippen molar-refractivity contribution >= 4 is 28.3 Å². The molecule has 0 saturated carbocycles. The van der Waals surface area contributed by atoms with Gasteiger partial charge in [-0.3, -0.25) is 9.36 Å². The molecule has 0 radical (unpaired) electrons. The van der Waals surface area contributed by atoms with Gasteiger partial charge in [0.05, 0.1) is 23.6 Å². The highest BCUT2D eigenvalue weighted by Crippen LogP contribution is 2.21. The van der Waals surface area contributed by atoms with Crippen LogP contribution in [0.15, 0.2) is 35.5 Å². The van der Waals surface area contributed by atoms with E-state index in [4.69, 9.17) is 10.5 Å². The lowest BCUT2D eigenvalue weighted by Gasteiger charge is -2.10. The van der Waals surface area contributed by atoms with Gasteiger partial charge < -0.3 is 10.5 Å². The lowest BCUT2D eigenvalue weighted by Crippen LogP contribution is -2.23. The molecule has 0 atom stereocenters. The molecular formula is C12H12IN3O2. The van der Waals surface area contributed by atoms with Crippen molar-refractivity contribution in [3.8, 4) is 5.75 Å². The summed E-state index contributed by atoms with van der Waals surface area (Å²) in [5.74, 6) is 0.667. The smallest absolute Gasteiger partial charge is 0.267 e. The summed E-state index contributed by atoms with van der Waals surface area (Å²) >= 11 is 1.97. The Morgan fingerprint density at radius 2 is 2.28 bits per heavy atom. The fourth-order valence-electron chi connectivity index (χ4n) is 1.61. The molecule has 5 nitrogen and oxygen atoms in total. The first kappa shape index (κ1) is 12.9. The van der Waals surface area contributed by atoms with Crippen molar-refractivity contribution in [1.82, 2.24) is 9.55 Å². The summed E-state index contributed by atoms with van der Waals surface area (Å²) in [5.41, 5.74) is 7.14. The second-order valence-electron chi connectivity index (χ2n) is 3.75. The topological polar surface area (TPSA) is 70.1 Å². The summed E-state index contributed by atoms with van der Waals surface area (Å²) in [6, 6.07) is 5.37. The van der Waals surface area contributed by atoms with E-state index in [1.807, 2.05) is 28.7 Å². The number of anilines is 1. The van der Waals surface area contributed by atoms with Gasteiger partial charge in [0.1, 0.15) is 5.75 Å². The minimum absolute atomic E-state index is 0.0653. The maximum absolute atomic E-state index is 11.9. The Balaban J connectivity index is 2.40. The molecule has 6 heteroatoms. The predicted octanol–water partition coefficient (Wildman–Crippen LogP) is 1.49. The van der Waals surface area contributed by atoms with Crippen LogP contribution in [0.5, 0.6) is 5.75 Å². The fraction of sp³-hybridized carbons (Fsp3) is 0.167. The van der Waals surface area contributed by atoms with Gasteiger partial charge in [-0.1, -0.05) is 6.07 Å². The van der Waals surface area contributed by atoms with Gasteiger partial charge in [0, 0.05) is 23.5 Å². The summed E-state index contributed by atoms with van der Waals surface area (Å²) in [4.78, 5) is 15.9. The van der Waals surface area contributed by atoms with E-state index in [1.54, 1.807) is 25.4 Å². The summed E-state index contributed by atoms with van der Waals surface area (Å²) < 4.78 is 7.38. The third kappa shape index (κ3) is 2.63. The normalized spacial score (nSPS) is 10.3. The van der Waals surface area contributed by atoms with Crippen LogP contribution < -0.4 is 16.0 Å². The van der Waals surface area contributed by atoms with E-state index in [0.717, 1.165) is 5.56 Å². The van der Waals surface area contributed by atoms with E-state index in [-0.39, 0.29) is 5.56 Å². The lowest BCUT2D eigenvalue weighted by molar-refractivity contribution is 0.408. The number of nitrogens with zero attached hydrogens (tertiary/aromatic N) is 2. The van der Waals surface area contributed by atoms with E-state index in [0.29, 0.717) is 21.6 Å². The molecule has 0 bridgehead atoms. The van der Waals surface area contributed by atoms with Gasteiger partial charge in [-0.25, -0.2) is 4.98 Å². The molecule has 0 aliphatic carbocycles. The molecule has 18 heavy (non-hydrogen) atoms. The number of ether oxygens (including phenoxy) is 1. The molecule has 0 unspecified atom stereocenters. The summed E-state index contributed by atoms with van der Waals surface area (Å²) in [6.07, 6.45) is 3.06. The number of benzene rings is 1.